The number of unbranched alkanes of at least 4 members (excludes halogenated alkanes) is 2. The second kappa shape index (κ2) is 10.1. The number of ether oxygens (including phenoxy) is 1. The van der Waals surface area contributed by atoms with Crippen molar-refractivity contribution in [3.8, 4) is 5.75 Å². The van der Waals surface area contributed by atoms with Crippen LogP contribution < -0.4 is 10.0 Å². The molecule has 0 heterocycles. The molecule has 92 valence electrons. The molecule has 4 heteroatoms. The third kappa shape index (κ3) is 6.47. The Morgan fingerprint density at radius 1 is 1.12 bits per heavy atom. The molecule has 1 aromatic carbocycles. The van der Waals surface area contributed by atoms with Crippen LogP contribution in [-0.4, -0.2) is 13.7 Å². The van der Waals surface area contributed by atoms with E-state index in [1.54, 1.807) is 7.11 Å². The Morgan fingerprint density at radius 3 is 2.38 bits per heavy atom. The monoisotopic (exact) mass is 306 g/mol. The van der Waals surface area contributed by atoms with Crippen LogP contribution in [0, 0.1) is 0 Å². The van der Waals surface area contributed by atoms with Crippen molar-refractivity contribution in [3.05, 3.63) is 24.3 Å². The molecule has 1 unspecified atom stereocenters. The first-order valence-electron chi connectivity index (χ1n) is 5.38. The van der Waals surface area contributed by atoms with Gasteiger partial charge in [0.1, 0.15) is 5.75 Å². The van der Waals surface area contributed by atoms with E-state index in [1.165, 1.54) is 24.6 Å². The third-order valence-electron chi connectivity index (χ3n) is 2.13. The Labute approximate surface area is 110 Å². The van der Waals surface area contributed by atoms with Crippen LogP contribution in [0.1, 0.15) is 26.2 Å². The van der Waals surface area contributed by atoms with E-state index in [0.717, 1.165) is 12.4 Å². The number of halogens is 1. The van der Waals surface area contributed by atoms with Crippen molar-refractivity contribution in [3.63, 3.8) is 0 Å². The fourth-order valence-corrected chi connectivity index (χ4v) is 1.93. The molecule has 0 saturated carbocycles. The van der Waals surface area contributed by atoms with Gasteiger partial charge < -0.3 is 9.26 Å². The lowest BCUT2D eigenvalue weighted by molar-refractivity contribution is 0.351. The van der Waals surface area contributed by atoms with Gasteiger partial charge in [0.05, 0.1) is 13.7 Å². The summed E-state index contributed by atoms with van der Waals surface area (Å²) in [6.45, 7) is 3.07. The molecule has 0 spiro atoms. The molecule has 0 aliphatic heterocycles. The average Bonchev–Trinajstić information content (AvgIpc) is 2.30. The van der Waals surface area contributed by atoms with E-state index in [4.69, 9.17) is 9.26 Å². The number of rotatable bonds is 7. The summed E-state index contributed by atoms with van der Waals surface area (Å²) < 4.78 is 10.7. The first kappa shape index (κ1) is 15.9. The Hall–Kier alpha value is -0.110. The van der Waals surface area contributed by atoms with Crippen molar-refractivity contribution >= 4 is 31.1 Å². The van der Waals surface area contributed by atoms with E-state index in [1.807, 2.05) is 12.1 Å². The van der Waals surface area contributed by atoms with Gasteiger partial charge in [-0.1, -0.05) is 19.8 Å². The fourth-order valence-electron chi connectivity index (χ4n) is 1.22. The van der Waals surface area contributed by atoms with Crippen molar-refractivity contribution in [2.24, 2.45) is 0 Å². The molecule has 0 aliphatic carbocycles. The molecule has 0 fully saturated rings. The zero-order valence-electron chi connectivity index (χ0n) is 9.86. The van der Waals surface area contributed by atoms with Gasteiger partial charge >= 0.3 is 0 Å². The highest BCUT2D eigenvalue weighted by molar-refractivity contribution is 8.93. The Kier molecular flexibility index (Phi) is 10.0. The lowest BCUT2D eigenvalue weighted by Crippen LogP contribution is -1.96. The zero-order valence-corrected chi connectivity index (χ0v) is 12.6. The molecule has 0 aliphatic rings. The van der Waals surface area contributed by atoms with E-state index in [9.17, 15) is 0 Å². The van der Waals surface area contributed by atoms with Crippen LogP contribution in [-0.2, 0) is 4.52 Å². The summed E-state index contributed by atoms with van der Waals surface area (Å²) in [5.74, 6) is 0.898. The SMILES string of the molecule is Br.CCCCCOPc1ccc(OC)cc1. The summed E-state index contributed by atoms with van der Waals surface area (Å²) in [4.78, 5) is 0. The molecule has 0 N–H and O–H groups in total. The first-order chi connectivity index (χ1) is 7.36. The van der Waals surface area contributed by atoms with E-state index < -0.39 is 0 Å². The molecule has 1 aromatic rings. The maximum Gasteiger partial charge on any atom is 0.118 e. The van der Waals surface area contributed by atoms with Gasteiger partial charge in [-0.25, -0.2) is 0 Å². The van der Waals surface area contributed by atoms with Crippen molar-refractivity contribution < 1.29 is 9.26 Å². The summed E-state index contributed by atoms with van der Waals surface area (Å²) in [6.07, 6.45) is 3.67. The predicted molar refractivity (Wildman–Crippen MR) is 76.7 cm³/mol. The van der Waals surface area contributed by atoms with Crippen molar-refractivity contribution in [2.75, 3.05) is 13.7 Å². The molecule has 16 heavy (non-hydrogen) atoms. The van der Waals surface area contributed by atoms with Crippen molar-refractivity contribution in [2.45, 2.75) is 26.2 Å². The standard InChI is InChI=1S/C12H19O2P.BrH/c1-3-4-5-10-14-15-12-8-6-11(13-2)7-9-12;/h6-9,15H,3-5,10H2,1-2H3;1H. The van der Waals surface area contributed by atoms with Crippen molar-refractivity contribution in [1.29, 1.82) is 0 Å². The number of hydrogen-bond acceptors (Lipinski definition) is 2. The fraction of sp³-hybridized carbons (Fsp3) is 0.500. The molecule has 0 radical (unpaired) electrons. The minimum absolute atomic E-state index is 0. The lowest BCUT2D eigenvalue weighted by atomic mass is 10.3. The summed E-state index contributed by atoms with van der Waals surface area (Å²) in [5, 5.41) is 1.23. The average molecular weight is 307 g/mol. The van der Waals surface area contributed by atoms with Crippen LogP contribution in [0.2, 0.25) is 0 Å². The van der Waals surface area contributed by atoms with E-state index >= 15 is 0 Å². The normalized spacial score (nSPS) is 10.4. The smallest absolute Gasteiger partial charge is 0.118 e. The predicted octanol–water partition coefficient (Wildman–Crippen LogP) is 3.70. The summed E-state index contributed by atoms with van der Waals surface area (Å²) in [6, 6.07) is 8.05. The van der Waals surface area contributed by atoms with E-state index in [0.29, 0.717) is 8.81 Å². The maximum absolute atomic E-state index is 5.58. The number of benzene rings is 1. The van der Waals surface area contributed by atoms with E-state index in [2.05, 4.69) is 19.1 Å². The highest BCUT2D eigenvalue weighted by Gasteiger charge is 1.94. The highest BCUT2D eigenvalue weighted by Crippen LogP contribution is 2.15. The van der Waals surface area contributed by atoms with Gasteiger partial charge in [0.15, 0.2) is 0 Å². The first-order valence-corrected chi connectivity index (χ1v) is 6.29. The molecule has 0 aromatic heterocycles. The Morgan fingerprint density at radius 2 is 1.81 bits per heavy atom. The van der Waals surface area contributed by atoms with Crippen LogP contribution in [0.4, 0.5) is 0 Å². The van der Waals surface area contributed by atoms with Gasteiger partial charge in [0, 0.05) is 8.81 Å². The molecule has 0 saturated heterocycles. The summed E-state index contributed by atoms with van der Waals surface area (Å²) in [5.41, 5.74) is 0. The summed E-state index contributed by atoms with van der Waals surface area (Å²) in [7, 11) is 2.14. The van der Waals surface area contributed by atoms with Gasteiger partial charge in [-0.3, -0.25) is 0 Å². The molecule has 1 atom stereocenters. The van der Waals surface area contributed by atoms with Gasteiger partial charge in [-0.2, -0.15) is 0 Å². The van der Waals surface area contributed by atoms with Crippen molar-refractivity contribution in [1.82, 2.24) is 0 Å². The highest BCUT2D eigenvalue weighted by atomic mass is 79.9. The topological polar surface area (TPSA) is 18.5 Å². The molecular weight excluding hydrogens is 287 g/mol. The molecule has 0 amide bonds. The van der Waals surface area contributed by atoms with Crippen LogP contribution >= 0.6 is 25.8 Å². The lowest BCUT2D eigenvalue weighted by Gasteiger charge is -2.04. The summed E-state index contributed by atoms with van der Waals surface area (Å²) >= 11 is 0. The minimum atomic E-state index is 0. The van der Waals surface area contributed by atoms with Crippen LogP contribution in [0.5, 0.6) is 5.75 Å². The van der Waals surface area contributed by atoms with Gasteiger partial charge in [-0.15, -0.1) is 17.0 Å². The number of hydrogen-bond donors (Lipinski definition) is 0. The van der Waals surface area contributed by atoms with Gasteiger partial charge in [0.2, 0.25) is 0 Å². The Bertz CT molecular complexity index is 264. The molecule has 2 nitrogen and oxygen atoms in total. The maximum atomic E-state index is 5.58. The Balaban J connectivity index is 0.00000225. The largest absolute Gasteiger partial charge is 0.497 e. The van der Waals surface area contributed by atoms with Gasteiger partial charge in [0.25, 0.3) is 0 Å². The second-order valence-corrected chi connectivity index (χ2v) is 4.46. The van der Waals surface area contributed by atoms with Crippen LogP contribution in [0.25, 0.3) is 0 Å². The third-order valence-corrected chi connectivity index (χ3v) is 3.05. The van der Waals surface area contributed by atoms with E-state index in [-0.39, 0.29) is 17.0 Å². The molecular formula is C12H20BrO2P. The van der Waals surface area contributed by atoms with Gasteiger partial charge in [-0.05, 0) is 36.0 Å². The quantitative estimate of drug-likeness (QED) is 0.565. The van der Waals surface area contributed by atoms with Crippen LogP contribution in [0.15, 0.2) is 24.3 Å². The zero-order chi connectivity index (χ0) is 10.9. The second-order valence-electron chi connectivity index (χ2n) is 3.39. The number of methoxy groups -OCH3 is 1. The minimum Gasteiger partial charge on any atom is -0.497 e. The molecule has 1 rings (SSSR count). The van der Waals surface area contributed by atoms with Crippen LogP contribution in [0.3, 0.4) is 0 Å². The molecule has 0 bridgehead atoms.